The molecule has 1 fully saturated rings. The second-order valence-corrected chi connectivity index (χ2v) is 4.45. The summed E-state index contributed by atoms with van der Waals surface area (Å²) in [6.07, 6.45) is -0.993. The van der Waals surface area contributed by atoms with Gasteiger partial charge in [-0.1, -0.05) is 0 Å². The Hall–Kier alpha value is -2.22. The molecule has 1 aromatic rings. The number of carbonyl (C=O) groups is 2. The Morgan fingerprint density at radius 1 is 1.30 bits per heavy atom. The van der Waals surface area contributed by atoms with Crippen LogP contribution in [-0.2, 0) is 4.79 Å². The first-order valence-electron chi connectivity index (χ1n) is 5.82. The third-order valence-electron chi connectivity index (χ3n) is 3.00. The van der Waals surface area contributed by atoms with Gasteiger partial charge in [0, 0.05) is 24.7 Å². The van der Waals surface area contributed by atoms with Crippen LogP contribution < -0.4 is 5.32 Å². The first kappa shape index (κ1) is 14.2. The van der Waals surface area contributed by atoms with E-state index in [1.54, 1.807) is 0 Å². The predicted octanol–water partition coefficient (Wildman–Crippen LogP) is 1.02. The highest BCUT2D eigenvalue weighted by molar-refractivity contribution is 5.92. The minimum absolute atomic E-state index is 0.000529. The number of carboxylic acids is 1. The number of rotatable bonds is 2. The Kier molecular flexibility index (Phi) is 3.84. The van der Waals surface area contributed by atoms with E-state index in [0.717, 1.165) is 23.1 Å². The summed E-state index contributed by atoms with van der Waals surface area (Å²) >= 11 is 0. The molecule has 2 amide bonds. The van der Waals surface area contributed by atoms with Crippen molar-refractivity contribution in [1.29, 1.82) is 0 Å². The molecule has 1 aliphatic heterocycles. The van der Waals surface area contributed by atoms with E-state index in [1.807, 2.05) is 0 Å². The fraction of sp³-hybridized carbons (Fsp3) is 0.333. The molecule has 0 saturated carbocycles. The van der Waals surface area contributed by atoms with E-state index in [1.165, 1.54) is 0 Å². The lowest BCUT2D eigenvalue weighted by Crippen LogP contribution is -2.43. The highest BCUT2D eigenvalue weighted by Crippen LogP contribution is 2.20. The molecule has 2 rings (SSSR count). The van der Waals surface area contributed by atoms with Crippen molar-refractivity contribution >= 4 is 17.7 Å². The topological polar surface area (TPSA) is 89.9 Å². The number of nitrogens with one attached hydrogen (secondary N) is 1. The number of anilines is 1. The molecule has 1 aliphatic rings. The second-order valence-electron chi connectivity index (χ2n) is 4.45. The van der Waals surface area contributed by atoms with Crippen LogP contribution in [0.1, 0.15) is 6.42 Å². The lowest BCUT2D eigenvalue weighted by Gasteiger charge is -2.21. The fourth-order valence-electron chi connectivity index (χ4n) is 2.04. The van der Waals surface area contributed by atoms with Crippen molar-refractivity contribution in [1.82, 2.24) is 4.90 Å². The number of carboxylic acid groups (broad SMARTS) is 1. The molecule has 2 atom stereocenters. The number of β-amino-alcohol motifs (C(OH)–C–C–N with tert-alkyl or cyclic N) is 1. The minimum Gasteiger partial charge on any atom is -0.480 e. The maximum Gasteiger partial charge on any atom is 0.326 e. The second kappa shape index (κ2) is 5.41. The molecule has 6 nitrogen and oxygen atoms in total. The van der Waals surface area contributed by atoms with Crippen LogP contribution in [0.15, 0.2) is 18.2 Å². The molecule has 8 heteroatoms. The van der Waals surface area contributed by atoms with Gasteiger partial charge in [-0.2, -0.15) is 0 Å². The molecular weight excluding hydrogens is 274 g/mol. The molecule has 0 aromatic heterocycles. The molecule has 108 valence electrons. The van der Waals surface area contributed by atoms with E-state index in [2.05, 4.69) is 5.32 Å². The van der Waals surface area contributed by atoms with Gasteiger partial charge in [-0.15, -0.1) is 0 Å². The van der Waals surface area contributed by atoms with Gasteiger partial charge in [0.1, 0.15) is 6.04 Å². The van der Waals surface area contributed by atoms with Gasteiger partial charge >= 0.3 is 12.0 Å². The molecule has 1 aromatic carbocycles. The SMILES string of the molecule is O=C(O)[C@@H]1C[C@H](O)CN1C(=O)Nc1ccc(F)c(F)c1. The quantitative estimate of drug-likeness (QED) is 0.757. The van der Waals surface area contributed by atoms with Crippen LogP contribution >= 0.6 is 0 Å². The highest BCUT2D eigenvalue weighted by Gasteiger charge is 2.39. The van der Waals surface area contributed by atoms with Gasteiger partial charge in [0.15, 0.2) is 11.6 Å². The molecule has 1 heterocycles. The molecule has 0 unspecified atom stereocenters. The number of aliphatic hydroxyl groups is 1. The van der Waals surface area contributed by atoms with Crippen LogP contribution in [0.25, 0.3) is 0 Å². The van der Waals surface area contributed by atoms with Gasteiger partial charge in [0.25, 0.3) is 0 Å². The molecule has 0 spiro atoms. The lowest BCUT2D eigenvalue weighted by atomic mass is 10.2. The van der Waals surface area contributed by atoms with Crippen molar-refractivity contribution in [2.24, 2.45) is 0 Å². The fourth-order valence-corrected chi connectivity index (χ4v) is 2.04. The molecule has 3 N–H and O–H groups in total. The molecule has 0 radical (unpaired) electrons. The number of likely N-dealkylation sites (tertiary alicyclic amines) is 1. The maximum absolute atomic E-state index is 13.0. The van der Waals surface area contributed by atoms with Crippen molar-refractivity contribution in [3.8, 4) is 0 Å². The first-order valence-corrected chi connectivity index (χ1v) is 5.82. The number of urea groups is 1. The number of amides is 2. The number of halogens is 2. The Labute approximate surface area is 112 Å². The number of carbonyl (C=O) groups excluding carboxylic acids is 1. The summed E-state index contributed by atoms with van der Waals surface area (Å²) in [5, 5.41) is 20.6. The largest absolute Gasteiger partial charge is 0.480 e. The predicted molar refractivity (Wildman–Crippen MR) is 64.1 cm³/mol. The monoisotopic (exact) mass is 286 g/mol. The van der Waals surface area contributed by atoms with Gasteiger partial charge in [0.05, 0.1) is 6.10 Å². The van der Waals surface area contributed by atoms with Crippen molar-refractivity contribution in [2.75, 3.05) is 11.9 Å². The summed E-state index contributed by atoms with van der Waals surface area (Å²) in [6.45, 7) is -0.132. The van der Waals surface area contributed by atoms with Crippen LogP contribution in [0.3, 0.4) is 0 Å². The van der Waals surface area contributed by atoms with Crippen LogP contribution in [0.2, 0.25) is 0 Å². The lowest BCUT2D eigenvalue weighted by molar-refractivity contribution is -0.141. The van der Waals surface area contributed by atoms with E-state index < -0.39 is 35.8 Å². The number of hydrogen-bond donors (Lipinski definition) is 3. The van der Waals surface area contributed by atoms with E-state index in [4.69, 9.17) is 5.11 Å². The number of benzene rings is 1. The Balaban J connectivity index is 2.11. The van der Waals surface area contributed by atoms with Gasteiger partial charge < -0.3 is 20.4 Å². The zero-order valence-corrected chi connectivity index (χ0v) is 10.2. The van der Waals surface area contributed by atoms with Crippen LogP contribution in [0.4, 0.5) is 19.3 Å². The minimum atomic E-state index is -1.23. The summed E-state index contributed by atoms with van der Waals surface area (Å²) in [6, 6.07) is 0.849. The van der Waals surface area contributed by atoms with E-state index in [0.29, 0.717) is 0 Å². The average Bonchev–Trinajstić information content (AvgIpc) is 2.76. The molecule has 0 bridgehead atoms. The summed E-state index contributed by atoms with van der Waals surface area (Å²) in [5.74, 6) is -3.41. The van der Waals surface area contributed by atoms with Crippen molar-refractivity contribution in [3.05, 3.63) is 29.8 Å². The third-order valence-corrected chi connectivity index (χ3v) is 3.00. The normalized spacial score (nSPS) is 21.9. The van der Waals surface area contributed by atoms with Gasteiger partial charge in [-0.05, 0) is 12.1 Å². The Bertz CT molecular complexity index is 552. The molecule has 1 saturated heterocycles. The van der Waals surface area contributed by atoms with E-state index in [9.17, 15) is 23.5 Å². The number of hydrogen-bond acceptors (Lipinski definition) is 3. The van der Waals surface area contributed by atoms with E-state index in [-0.39, 0.29) is 18.7 Å². The Morgan fingerprint density at radius 3 is 2.60 bits per heavy atom. The van der Waals surface area contributed by atoms with Crippen molar-refractivity contribution < 1.29 is 28.6 Å². The zero-order chi connectivity index (χ0) is 14.9. The number of aliphatic hydroxyl groups excluding tert-OH is 1. The van der Waals surface area contributed by atoms with E-state index >= 15 is 0 Å². The third kappa shape index (κ3) is 2.85. The standard InChI is InChI=1S/C12H12F2N2O4/c13-8-2-1-6(3-9(8)14)15-12(20)16-5-7(17)4-10(16)11(18)19/h1-3,7,10,17H,4-5H2,(H,15,20)(H,18,19)/t7-,10-/m0/s1. The molecular formula is C12H12F2N2O4. The van der Waals surface area contributed by atoms with Crippen LogP contribution in [0, 0.1) is 11.6 Å². The molecule has 0 aliphatic carbocycles. The number of aliphatic carboxylic acids is 1. The van der Waals surface area contributed by atoms with Crippen LogP contribution in [-0.4, -0.2) is 45.8 Å². The number of nitrogens with zero attached hydrogens (tertiary/aromatic N) is 1. The first-order chi connectivity index (χ1) is 9.38. The summed E-state index contributed by atoms with van der Waals surface area (Å²) < 4.78 is 25.7. The molecule has 20 heavy (non-hydrogen) atoms. The Morgan fingerprint density at radius 2 is 2.00 bits per heavy atom. The van der Waals surface area contributed by atoms with Gasteiger partial charge in [0.2, 0.25) is 0 Å². The summed E-state index contributed by atoms with van der Waals surface area (Å²) in [7, 11) is 0. The summed E-state index contributed by atoms with van der Waals surface area (Å²) in [4.78, 5) is 23.8. The highest BCUT2D eigenvalue weighted by atomic mass is 19.2. The zero-order valence-electron chi connectivity index (χ0n) is 10.2. The smallest absolute Gasteiger partial charge is 0.326 e. The van der Waals surface area contributed by atoms with Crippen molar-refractivity contribution in [2.45, 2.75) is 18.6 Å². The maximum atomic E-state index is 13.0. The average molecular weight is 286 g/mol. The summed E-state index contributed by atoms with van der Waals surface area (Å²) in [5.41, 5.74) is -0.000529. The van der Waals surface area contributed by atoms with Crippen LogP contribution in [0.5, 0.6) is 0 Å². The van der Waals surface area contributed by atoms with Gasteiger partial charge in [-0.3, -0.25) is 0 Å². The van der Waals surface area contributed by atoms with Crippen molar-refractivity contribution in [3.63, 3.8) is 0 Å². The van der Waals surface area contributed by atoms with Gasteiger partial charge in [-0.25, -0.2) is 18.4 Å².